The summed E-state index contributed by atoms with van der Waals surface area (Å²) in [6, 6.07) is 61.0. The summed E-state index contributed by atoms with van der Waals surface area (Å²) in [7, 11) is 0. The highest BCUT2D eigenvalue weighted by Crippen LogP contribution is 2.43. The van der Waals surface area contributed by atoms with E-state index in [9.17, 15) is 0 Å². The van der Waals surface area contributed by atoms with E-state index in [1.165, 1.54) is 0 Å². The van der Waals surface area contributed by atoms with Gasteiger partial charge in [0.1, 0.15) is 51.7 Å². The highest BCUT2D eigenvalue weighted by Gasteiger charge is 2.26. The summed E-state index contributed by atoms with van der Waals surface area (Å²) < 4.78 is 19.6. The van der Waals surface area contributed by atoms with E-state index in [0.717, 1.165) is 111 Å². The van der Waals surface area contributed by atoms with Crippen molar-refractivity contribution in [2.24, 2.45) is 4.99 Å². The number of rotatable bonds is 5. The lowest BCUT2D eigenvalue weighted by molar-refractivity contribution is 0.409. The second kappa shape index (κ2) is 12.6. The summed E-state index contributed by atoms with van der Waals surface area (Å²) in [6.45, 7) is 0. The maximum Gasteiger partial charge on any atom is 0.143 e. The number of benzene rings is 8. The SMILES string of the molecule is c1ccc(C2=NC(c3ccccc3)NC(c3ccc4oc5c(-c6ccc7c(c6)oc6ccccc67)cc(-c6ccc7c(c6)oc6ccccc67)cc5c4c3)N2)cc1. The molecule has 0 saturated heterocycles. The molecule has 0 aliphatic carbocycles. The first-order chi connectivity index (χ1) is 28.2. The first kappa shape index (κ1) is 31.9. The Hall–Kier alpha value is -7.41. The van der Waals surface area contributed by atoms with Crippen LogP contribution in [0.25, 0.3) is 88.1 Å². The number of aliphatic imine (C=N–C) groups is 1. The van der Waals surface area contributed by atoms with Crippen LogP contribution in [0, 0.1) is 0 Å². The molecule has 1 aliphatic rings. The van der Waals surface area contributed by atoms with E-state index >= 15 is 0 Å². The fourth-order valence-corrected chi connectivity index (χ4v) is 8.53. The van der Waals surface area contributed by atoms with Crippen molar-refractivity contribution in [3.8, 4) is 22.3 Å². The van der Waals surface area contributed by atoms with Crippen LogP contribution in [0.15, 0.2) is 194 Å². The minimum atomic E-state index is -0.232. The quantitative estimate of drug-likeness (QED) is 0.184. The van der Waals surface area contributed by atoms with Crippen LogP contribution in [0.3, 0.4) is 0 Å². The van der Waals surface area contributed by atoms with Gasteiger partial charge in [-0.05, 0) is 88.5 Å². The largest absolute Gasteiger partial charge is 0.456 e. The molecule has 8 aromatic carbocycles. The zero-order valence-electron chi connectivity index (χ0n) is 30.6. The van der Waals surface area contributed by atoms with Crippen molar-refractivity contribution in [3.63, 3.8) is 0 Å². The van der Waals surface area contributed by atoms with Gasteiger partial charge in [-0.3, -0.25) is 5.32 Å². The van der Waals surface area contributed by atoms with Gasteiger partial charge in [0.15, 0.2) is 0 Å². The molecule has 2 unspecified atom stereocenters. The molecule has 12 rings (SSSR count). The number of para-hydroxylation sites is 2. The van der Waals surface area contributed by atoms with Crippen molar-refractivity contribution in [1.29, 1.82) is 0 Å². The Morgan fingerprint density at radius 2 is 1.00 bits per heavy atom. The highest BCUT2D eigenvalue weighted by molar-refractivity contribution is 6.13. The lowest BCUT2D eigenvalue weighted by atomic mass is 9.94. The first-order valence-electron chi connectivity index (χ1n) is 19.2. The molecule has 4 heterocycles. The molecule has 6 nitrogen and oxygen atoms in total. The second-order valence-corrected chi connectivity index (χ2v) is 14.8. The Kier molecular flexibility index (Phi) is 7.03. The fourth-order valence-electron chi connectivity index (χ4n) is 8.53. The number of hydrogen-bond acceptors (Lipinski definition) is 6. The number of amidine groups is 1. The maximum absolute atomic E-state index is 6.82. The van der Waals surface area contributed by atoms with E-state index in [-0.39, 0.29) is 12.3 Å². The van der Waals surface area contributed by atoms with Gasteiger partial charge in [-0.25, -0.2) is 4.99 Å². The highest BCUT2D eigenvalue weighted by atomic mass is 16.3. The molecule has 11 aromatic rings. The maximum atomic E-state index is 6.82. The van der Waals surface area contributed by atoms with Crippen LogP contribution >= 0.6 is 0 Å². The molecule has 6 heteroatoms. The van der Waals surface area contributed by atoms with Gasteiger partial charge < -0.3 is 18.6 Å². The third-order valence-corrected chi connectivity index (χ3v) is 11.4. The van der Waals surface area contributed by atoms with Gasteiger partial charge in [-0.1, -0.05) is 115 Å². The Bertz CT molecular complexity index is 3380. The molecule has 0 spiro atoms. The van der Waals surface area contributed by atoms with Crippen LogP contribution in [0.5, 0.6) is 0 Å². The number of furan rings is 3. The molecular weight excluding hydrogens is 703 g/mol. The number of hydrogen-bond donors (Lipinski definition) is 2. The molecule has 3 aromatic heterocycles. The number of fused-ring (bicyclic) bond motifs is 9. The average molecular weight is 736 g/mol. The summed E-state index contributed by atoms with van der Waals surface area (Å²) in [5.74, 6) is 0.844. The number of nitrogens with zero attached hydrogens (tertiary/aromatic N) is 1. The van der Waals surface area contributed by atoms with Crippen LogP contribution in [0.2, 0.25) is 0 Å². The van der Waals surface area contributed by atoms with E-state index < -0.39 is 0 Å². The molecule has 0 fully saturated rings. The summed E-state index contributed by atoms with van der Waals surface area (Å²) >= 11 is 0. The molecule has 0 bridgehead atoms. The fraction of sp³-hybridized carbons (Fsp3) is 0.0392. The third kappa shape index (κ3) is 5.26. The predicted molar refractivity (Wildman–Crippen MR) is 230 cm³/mol. The smallest absolute Gasteiger partial charge is 0.143 e. The van der Waals surface area contributed by atoms with Crippen molar-refractivity contribution in [2.45, 2.75) is 12.3 Å². The summed E-state index contributed by atoms with van der Waals surface area (Å²) in [6.07, 6.45) is -0.449. The van der Waals surface area contributed by atoms with Gasteiger partial charge in [-0.2, -0.15) is 0 Å². The van der Waals surface area contributed by atoms with Gasteiger partial charge >= 0.3 is 0 Å². The van der Waals surface area contributed by atoms with Crippen LogP contribution in [-0.2, 0) is 0 Å². The lowest BCUT2D eigenvalue weighted by Gasteiger charge is -2.32. The van der Waals surface area contributed by atoms with Crippen molar-refractivity contribution >= 4 is 71.7 Å². The van der Waals surface area contributed by atoms with E-state index in [1.54, 1.807) is 0 Å². The third-order valence-electron chi connectivity index (χ3n) is 11.4. The van der Waals surface area contributed by atoms with Crippen molar-refractivity contribution in [1.82, 2.24) is 10.6 Å². The van der Waals surface area contributed by atoms with E-state index in [2.05, 4.69) is 138 Å². The topological polar surface area (TPSA) is 75.8 Å². The summed E-state index contributed by atoms with van der Waals surface area (Å²) in [4.78, 5) is 5.12. The Labute approximate surface area is 326 Å². The molecule has 0 amide bonds. The molecule has 0 radical (unpaired) electrons. The van der Waals surface area contributed by atoms with Gasteiger partial charge in [0, 0.05) is 43.4 Å². The molecular formula is C51H33N3O3. The number of nitrogens with one attached hydrogen (secondary N) is 2. The Morgan fingerprint density at radius 1 is 0.386 bits per heavy atom. The van der Waals surface area contributed by atoms with Crippen LogP contribution in [0.4, 0.5) is 0 Å². The monoisotopic (exact) mass is 735 g/mol. The minimum Gasteiger partial charge on any atom is -0.456 e. The molecule has 1 aliphatic heterocycles. The molecule has 2 atom stereocenters. The van der Waals surface area contributed by atoms with E-state index in [1.807, 2.05) is 48.5 Å². The molecule has 270 valence electrons. The summed E-state index contributed by atoms with van der Waals surface area (Å²) in [5.41, 5.74) is 12.4. The van der Waals surface area contributed by atoms with Gasteiger partial charge in [0.2, 0.25) is 0 Å². The van der Waals surface area contributed by atoms with E-state index in [0.29, 0.717) is 0 Å². The normalized spacial score (nSPS) is 15.9. The Morgan fingerprint density at radius 3 is 1.74 bits per heavy atom. The second-order valence-electron chi connectivity index (χ2n) is 14.8. The molecule has 2 N–H and O–H groups in total. The zero-order chi connectivity index (χ0) is 37.5. The van der Waals surface area contributed by atoms with E-state index in [4.69, 9.17) is 18.2 Å². The lowest BCUT2D eigenvalue weighted by Crippen LogP contribution is -2.44. The molecule has 57 heavy (non-hydrogen) atoms. The van der Waals surface area contributed by atoms with Gasteiger partial charge in [0.05, 0.1) is 0 Å². The first-order valence-corrected chi connectivity index (χ1v) is 19.2. The molecule has 0 saturated carbocycles. The van der Waals surface area contributed by atoms with Gasteiger partial charge in [-0.15, -0.1) is 0 Å². The zero-order valence-corrected chi connectivity index (χ0v) is 30.6. The van der Waals surface area contributed by atoms with Gasteiger partial charge in [0.25, 0.3) is 0 Å². The van der Waals surface area contributed by atoms with Crippen LogP contribution in [-0.4, -0.2) is 5.84 Å². The average Bonchev–Trinajstić information content (AvgIpc) is 3.97. The van der Waals surface area contributed by atoms with Crippen molar-refractivity contribution in [2.75, 3.05) is 0 Å². The minimum absolute atomic E-state index is 0.217. The predicted octanol–water partition coefficient (Wildman–Crippen LogP) is 13.1. The Balaban J connectivity index is 1.04. The summed E-state index contributed by atoms with van der Waals surface area (Å²) in [5, 5.41) is 13.9. The van der Waals surface area contributed by atoms with Crippen molar-refractivity contribution in [3.05, 3.63) is 193 Å². The standard InChI is InChI=1S/C51H33N3O3/c1-3-11-30(12-4-1)49-52-50(31-13-5-2-6-14-31)54-51(53-49)34-21-24-45-41(25-34)42-27-35(32-19-22-38-36-15-7-9-17-43(36)55-46(38)28-32)26-40(48(42)57-45)33-20-23-39-37-16-8-10-18-44(37)56-47(39)29-33/h1-29,49,51,53H,(H,52,54). The van der Waals surface area contributed by atoms with Crippen LogP contribution < -0.4 is 10.6 Å². The van der Waals surface area contributed by atoms with Crippen LogP contribution in [0.1, 0.15) is 29.0 Å². The van der Waals surface area contributed by atoms with Crippen molar-refractivity contribution < 1.29 is 13.3 Å².